The molecule has 2 nitrogen and oxygen atoms in total. The Morgan fingerprint density at radius 2 is 1.86 bits per heavy atom. The van der Waals surface area contributed by atoms with Gasteiger partial charge in [0.1, 0.15) is 23.3 Å². The van der Waals surface area contributed by atoms with Gasteiger partial charge in [0.05, 0.1) is 22.6 Å². The lowest BCUT2D eigenvalue weighted by molar-refractivity contribution is 0.577. The van der Waals surface area contributed by atoms with Crippen LogP contribution in [-0.2, 0) is 5.88 Å². The fraction of sp³-hybridized carbons (Fsp3) is 0.133. The van der Waals surface area contributed by atoms with Gasteiger partial charge >= 0.3 is 0 Å². The maximum atomic E-state index is 14.0. The molecule has 6 heteroatoms. The summed E-state index contributed by atoms with van der Waals surface area (Å²) in [6.07, 6.45) is 0. The number of alkyl halides is 1. The van der Waals surface area contributed by atoms with Gasteiger partial charge in [-0.1, -0.05) is 0 Å². The van der Waals surface area contributed by atoms with Crippen molar-refractivity contribution in [3.05, 3.63) is 59.2 Å². The smallest absolute Gasteiger partial charge is 0.150 e. The van der Waals surface area contributed by atoms with Crippen molar-refractivity contribution < 1.29 is 13.2 Å². The first kappa shape index (κ1) is 13.9. The van der Waals surface area contributed by atoms with E-state index in [1.54, 1.807) is 13.0 Å². The van der Waals surface area contributed by atoms with Crippen LogP contribution in [0.1, 0.15) is 11.4 Å². The summed E-state index contributed by atoms with van der Waals surface area (Å²) in [6, 6.07) is 6.09. The van der Waals surface area contributed by atoms with Crippen molar-refractivity contribution in [1.82, 2.24) is 9.55 Å². The first-order chi connectivity index (χ1) is 10.0. The number of rotatable bonds is 2. The molecule has 0 aliphatic rings. The van der Waals surface area contributed by atoms with E-state index in [1.807, 2.05) is 0 Å². The number of fused-ring (bicyclic) bond motifs is 1. The van der Waals surface area contributed by atoms with E-state index in [9.17, 15) is 13.2 Å². The lowest BCUT2D eigenvalue weighted by atomic mass is 10.2. The van der Waals surface area contributed by atoms with Crippen molar-refractivity contribution in [2.45, 2.75) is 12.8 Å². The Hall–Kier alpha value is -2.01. The van der Waals surface area contributed by atoms with Crippen LogP contribution >= 0.6 is 11.6 Å². The van der Waals surface area contributed by atoms with Crippen molar-refractivity contribution in [3.8, 4) is 5.69 Å². The standard InChI is InChI=1S/C15H10ClF3N2/c1-8-4-14-12(6-10(8)18)20-15(7-16)21(14)13-3-2-9(17)5-11(13)19/h2-6H,7H2,1H3. The molecule has 0 spiro atoms. The van der Waals surface area contributed by atoms with Gasteiger partial charge in [0.2, 0.25) is 0 Å². The van der Waals surface area contributed by atoms with Crippen LogP contribution in [-0.4, -0.2) is 9.55 Å². The second-order valence-corrected chi connectivity index (χ2v) is 4.95. The molecule has 1 heterocycles. The summed E-state index contributed by atoms with van der Waals surface area (Å²) < 4.78 is 42.2. The van der Waals surface area contributed by atoms with Crippen molar-refractivity contribution in [1.29, 1.82) is 0 Å². The van der Waals surface area contributed by atoms with Gasteiger partial charge < -0.3 is 0 Å². The van der Waals surface area contributed by atoms with Gasteiger partial charge in [0.15, 0.2) is 0 Å². The Bertz CT molecular complexity index is 843. The Morgan fingerprint density at radius 3 is 2.52 bits per heavy atom. The molecule has 3 rings (SSSR count). The summed E-state index contributed by atoms with van der Waals surface area (Å²) in [4.78, 5) is 4.20. The highest BCUT2D eigenvalue weighted by molar-refractivity contribution is 6.17. The normalized spacial score (nSPS) is 11.3. The lowest BCUT2D eigenvalue weighted by Crippen LogP contribution is -2.02. The van der Waals surface area contributed by atoms with Crippen molar-refractivity contribution >= 4 is 22.6 Å². The van der Waals surface area contributed by atoms with Crippen LogP contribution in [0.3, 0.4) is 0 Å². The molecule has 0 unspecified atom stereocenters. The number of hydrogen-bond acceptors (Lipinski definition) is 1. The Morgan fingerprint density at radius 1 is 1.10 bits per heavy atom. The summed E-state index contributed by atoms with van der Waals surface area (Å²) in [6.45, 7) is 1.60. The minimum atomic E-state index is -0.734. The molecule has 0 aliphatic carbocycles. The molecule has 0 saturated carbocycles. The molecule has 0 fully saturated rings. The molecular formula is C15H10ClF3N2. The van der Waals surface area contributed by atoms with E-state index in [0.29, 0.717) is 22.4 Å². The van der Waals surface area contributed by atoms with Gasteiger partial charge in [-0.25, -0.2) is 18.2 Å². The van der Waals surface area contributed by atoms with E-state index in [4.69, 9.17) is 11.6 Å². The second kappa shape index (κ2) is 5.07. The fourth-order valence-corrected chi connectivity index (χ4v) is 2.45. The first-order valence-corrected chi connectivity index (χ1v) is 6.73. The largest absolute Gasteiger partial charge is 0.292 e. The number of hydrogen-bond donors (Lipinski definition) is 0. The first-order valence-electron chi connectivity index (χ1n) is 6.20. The van der Waals surface area contributed by atoms with Crippen LogP contribution < -0.4 is 0 Å². The van der Waals surface area contributed by atoms with Gasteiger partial charge in [-0.2, -0.15) is 0 Å². The molecule has 1 aromatic heterocycles. The number of imidazole rings is 1. The third-order valence-corrected chi connectivity index (χ3v) is 3.51. The van der Waals surface area contributed by atoms with Gasteiger partial charge in [0.25, 0.3) is 0 Å². The van der Waals surface area contributed by atoms with Crippen LogP contribution in [0, 0.1) is 24.4 Å². The highest BCUT2D eigenvalue weighted by Gasteiger charge is 2.16. The molecular weight excluding hydrogens is 301 g/mol. The number of benzene rings is 2. The number of aromatic nitrogens is 2. The van der Waals surface area contributed by atoms with E-state index >= 15 is 0 Å². The van der Waals surface area contributed by atoms with Gasteiger partial charge in [-0.05, 0) is 30.7 Å². The molecule has 0 bridgehead atoms. The highest BCUT2D eigenvalue weighted by atomic mass is 35.5. The summed E-state index contributed by atoms with van der Waals surface area (Å²) in [5, 5.41) is 0. The van der Waals surface area contributed by atoms with E-state index in [-0.39, 0.29) is 11.6 Å². The van der Waals surface area contributed by atoms with Gasteiger partial charge in [0, 0.05) is 12.1 Å². The zero-order chi connectivity index (χ0) is 15.1. The maximum absolute atomic E-state index is 14.0. The van der Waals surface area contributed by atoms with Gasteiger partial charge in [-0.3, -0.25) is 4.57 Å². The molecule has 0 amide bonds. The summed E-state index contributed by atoms with van der Waals surface area (Å²) in [5.74, 6) is -1.42. The van der Waals surface area contributed by atoms with E-state index in [0.717, 1.165) is 12.1 Å². The zero-order valence-corrected chi connectivity index (χ0v) is 11.8. The topological polar surface area (TPSA) is 17.8 Å². The van der Waals surface area contributed by atoms with Crippen LogP contribution in [0.25, 0.3) is 16.7 Å². The minimum absolute atomic E-state index is 0.0200. The molecule has 0 radical (unpaired) electrons. The van der Waals surface area contributed by atoms with Crippen LogP contribution in [0.5, 0.6) is 0 Å². The number of nitrogens with zero attached hydrogens (tertiary/aromatic N) is 2. The molecule has 0 aliphatic heterocycles. The Balaban J connectivity index is 2.37. The quantitative estimate of drug-likeness (QED) is 0.638. The highest BCUT2D eigenvalue weighted by Crippen LogP contribution is 2.26. The number of halogens is 4. The third kappa shape index (κ3) is 2.27. The van der Waals surface area contributed by atoms with E-state index in [2.05, 4.69) is 4.98 Å². The molecule has 21 heavy (non-hydrogen) atoms. The van der Waals surface area contributed by atoms with Crippen molar-refractivity contribution in [3.63, 3.8) is 0 Å². The maximum Gasteiger partial charge on any atom is 0.150 e. The molecule has 3 aromatic rings. The summed E-state index contributed by atoms with van der Waals surface area (Å²) in [7, 11) is 0. The predicted octanol–water partition coefficient (Wildman–Crippen LogP) is 4.49. The predicted molar refractivity (Wildman–Crippen MR) is 75.2 cm³/mol. The molecule has 0 saturated heterocycles. The molecule has 108 valence electrons. The molecule has 2 aromatic carbocycles. The lowest BCUT2D eigenvalue weighted by Gasteiger charge is -2.09. The average Bonchev–Trinajstić information content (AvgIpc) is 2.77. The van der Waals surface area contributed by atoms with Crippen LogP contribution in [0.4, 0.5) is 13.2 Å². The third-order valence-electron chi connectivity index (χ3n) is 3.27. The minimum Gasteiger partial charge on any atom is -0.292 e. The molecule has 0 N–H and O–H groups in total. The Labute approximate surface area is 123 Å². The number of aryl methyl sites for hydroxylation is 1. The van der Waals surface area contributed by atoms with E-state index in [1.165, 1.54) is 16.7 Å². The van der Waals surface area contributed by atoms with E-state index < -0.39 is 17.5 Å². The van der Waals surface area contributed by atoms with Crippen LogP contribution in [0.15, 0.2) is 30.3 Å². The monoisotopic (exact) mass is 310 g/mol. The second-order valence-electron chi connectivity index (χ2n) is 4.68. The Kier molecular flexibility index (Phi) is 3.37. The fourth-order valence-electron chi connectivity index (χ4n) is 2.27. The van der Waals surface area contributed by atoms with Crippen molar-refractivity contribution in [2.24, 2.45) is 0 Å². The summed E-state index contributed by atoms with van der Waals surface area (Å²) >= 11 is 5.84. The van der Waals surface area contributed by atoms with Gasteiger partial charge in [-0.15, -0.1) is 11.6 Å². The van der Waals surface area contributed by atoms with Crippen LogP contribution in [0.2, 0.25) is 0 Å². The van der Waals surface area contributed by atoms with Crippen molar-refractivity contribution in [2.75, 3.05) is 0 Å². The average molecular weight is 311 g/mol. The summed E-state index contributed by atoms with van der Waals surface area (Å²) in [5.41, 5.74) is 1.43. The SMILES string of the molecule is Cc1cc2c(cc1F)nc(CCl)n2-c1ccc(F)cc1F. The zero-order valence-electron chi connectivity index (χ0n) is 11.0. The molecule has 0 atom stereocenters.